The Hall–Kier alpha value is -3.81. The van der Waals surface area contributed by atoms with Gasteiger partial charge in [0.2, 0.25) is 5.91 Å². The second-order valence-electron chi connectivity index (χ2n) is 9.44. The highest BCUT2D eigenvalue weighted by Crippen LogP contribution is 2.27. The van der Waals surface area contributed by atoms with E-state index in [9.17, 15) is 9.59 Å². The normalized spacial score (nSPS) is 14.8. The molecule has 0 saturated heterocycles. The monoisotopic (exact) mass is 488 g/mol. The lowest BCUT2D eigenvalue weighted by Gasteiger charge is -2.28. The van der Waals surface area contributed by atoms with E-state index < -0.39 is 0 Å². The highest BCUT2D eigenvalue weighted by Gasteiger charge is 2.32. The summed E-state index contributed by atoms with van der Waals surface area (Å²) in [5, 5.41) is 7.81. The van der Waals surface area contributed by atoms with Gasteiger partial charge in [-0.15, -0.1) is 0 Å². The van der Waals surface area contributed by atoms with Crippen molar-refractivity contribution in [3.63, 3.8) is 0 Å². The summed E-state index contributed by atoms with van der Waals surface area (Å²) in [4.78, 5) is 28.0. The van der Waals surface area contributed by atoms with Crippen molar-refractivity contribution in [1.82, 2.24) is 20.0 Å². The number of methoxy groups -OCH3 is 2. The van der Waals surface area contributed by atoms with Crippen molar-refractivity contribution in [3.05, 3.63) is 76.6 Å². The number of hydrogen-bond acceptors (Lipinski definition) is 5. The van der Waals surface area contributed by atoms with Crippen molar-refractivity contribution >= 4 is 11.8 Å². The van der Waals surface area contributed by atoms with Gasteiger partial charge in [-0.05, 0) is 54.7 Å². The second kappa shape index (κ2) is 10.4. The lowest BCUT2D eigenvalue weighted by atomic mass is 10.0. The lowest BCUT2D eigenvalue weighted by Crippen LogP contribution is -2.37. The van der Waals surface area contributed by atoms with Crippen molar-refractivity contribution in [2.45, 2.75) is 51.2 Å². The molecule has 1 aliphatic carbocycles. The summed E-state index contributed by atoms with van der Waals surface area (Å²) in [6.07, 6.45) is 3.76. The average Bonchev–Trinajstić information content (AvgIpc) is 3.66. The smallest absolute Gasteiger partial charge is 0.272 e. The maximum atomic E-state index is 13.1. The Bertz CT molecular complexity index is 1250. The fraction of sp³-hybridized carbons (Fsp3) is 0.393. The van der Waals surface area contributed by atoms with E-state index in [0.717, 1.165) is 46.7 Å². The van der Waals surface area contributed by atoms with Crippen LogP contribution in [0.15, 0.2) is 48.5 Å². The quantitative estimate of drug-likeness (QED) is 0.499. The fourth-order valence-electron chi connectivity index (χ4n) is 4.64. The Balaban J connectivity index is 1.33. The van der Waals surface area contributed by atoms with Gasteiger partial charge in [0, 0.05) is 43.2 Å². The highest BCUT2D eigenvalue weighted by atomic mass is 16.5. The van der Waals surface area contributed by atoms with Crippen LogP contribution in [0.1, 0.15) is 52.1 Å². The van der Waals surface area contributed by atoms with Crippen molar-refractivity contribution < 1.29 is 19.1 Å². The van der Waals surface area contributed by atoms with Gasteiger partial charge >= 0.3 is 0 Å². The minimum absolute atomic E-state index is 0.0885. The Morgan fingerprint density at radius 2 is 1.81 bits per heavy atom. The molecule has 0 bridgehead atoms. The highest BCUT2D eigenvalue weighted by molar-refractivity contribution is 5.94. The number of rotatable bonds is 9. The third kappa shape index (κ3) is 5.37. The number of nitrogens with one attached hydrogen (secondary N) is 1. The molecule has 0 atom stereocenters. The molecule has 2 amide bonds. The first kappa shape index (κ1) is 23.9. The van der Waals surface area contributed by atoms with Crippen LogP contribution in [0, 0.1) is 0 Å². The number of nitrogens with zero attached hydrogens (tertiary/aromatic N) is 3. The number of hydrogen-bond donors (Lipinski definition) is 1. The molecule has 36 heavy (non-hydrogen) atoms. The molecule has 2 heterocycles. The summed E-state index contributed by atoms with van der Waals surface area (Å²) in [5.41, 5.74) is 4.47. The number of aromatic nitrogens is 2. The zero-order valence-electron chi connectivity index (χ0n) is 20.8. The van der Waals surface area contributed by atoms with Gasteiger partial charge in [0.1, 0.15) is 11.5 Å². The van der Waals surface area contributed by atoms with E-state index in [0.29, 0.717) is 44.6 Å². The summed E-state index contributed by atoms with van der Waals surface area (Å²) in [7, 11) is 3.29. The first-order chi connectivity index (χ1) is 17.5. The molecule has 1 N–H and O–H groups in total. The van der Waals surface area contributed by atoms with Crippen LogP contribution in [0.25, 0.3) is 0 Å². The van der Waals surface area contributed by atoms with Gasteiger partial charge < -0.3 is 19.7 Å². The predicted octanol–water partition coefficient (Wildman–Crippen LogP) is 3.36. The summed E-state index contributed by atoms with van der Waals surface area (Å²) < 4.78 is 12.5. The molecule has 3 aromatic rings. The van der Waals surface area contributed by atoms with Crippen LogP contribution in [0.4, 0.5) is 0 Å². The predicted molar refractivity (Wildman–Crippen MR) is 135 cm³/mol. The molecule has 8 nitrogen and oxygen atoms in total. The molecule has 2 aliphatic rings. The fourth-order valence-corrected chi connectivity index (χ4v) is 4.64. The Labute approximate surface area is 211 Å². The molecule has 1 fully saturated rings. The van der Waals surface area contributed by atoms with Crippen molar-refractivity contribution in [2.75, 3.05) is 20.8 Å². The van der Waals surface area contributed by atoms with Gasteiger partial charge in [0.05, 0.1) is 20.8 Å². The maximum absolute atomic E-state index is 13.1. The largest absolute Gasteiger partial charge is 0.497 e. The van der Waals surface area contributed by atoms with Crippen LogP contribution in [-0.4, -0.2) is 53.3 Å². The minimum Gasteiger partial charge on any atom is -0.497 e. The average molecular weight is 489 g/mol. The molecule has 1 saturated carbocycles. The molecule has 0 unspecified atom stereocenters. The standard InChI is InChI=1S/C28H32N4O4/c1-35-22-11-6-19(7-12-22)8-13-26(33)31-15-14-25-24(18-31)27(28(34)29-21-9-10-21)30-32(25)17-20-4-3-5-23(16-20)36-2/h3-7,11-12,16,21H,8-10,13-15,17-18H2,1-2H3,(H,29,34). The molecular weight excluding hydrogens is 456 g/mol. The van der Waals surface area contributed by atoms with Crippen LogP contribution in [0.5, 0.6) is 11.5 Å². The third-order valence-corrected chi connectivity index (χ3v) is 6.87. The van der Waals surface area contributed by atoms with Gasteiger partial charge in [-0.2, -0.15) is 5.10 Å². The van der Waals surface area contributed by atoms with Crippen molar-refractivity contribution in [2.24, 2.45) is 0 Å². The number of carbonyl (C=O) groups excluding carboxylic acids is 2. The Morgan fingerprint density at radius 1 is 1.03 bits per heavy atom. The van der Waals surface area contributed by atoms with Crippen LogP contribution >= 0.6 is 0 Å². The van der Waals surface area contributed by atoms with Gasteiger partial charge in [-0.3, -0.25) is 14.3 Å². The van der Waals surface area contributed by atoms with Crippen LogP contribution in [-0.2, 0) is 30.7 Å². The molecule has 1 aliphatic heterocycles. The van der Waals surface area contributed by atoms with Gasteiger partial charge in [0.15, 0.2) is 5.69 Å². The van der Waals surface area contributed by atoms with Crippen LogP contribution < -0.4 is 14.8 Å². The van der Waals surface area contributed by atoms with E-state index in [2.05, 4.69) is 5.32 Å². The van der Waals surface area contributed by atoms with Gasteiger partial charge in [-0.25, -0.2) is 0 Å². The number of benzene rings is 2. The number of ether oxygens (including phenoxy) is 2. The molecular formula is C28H32N4O4. The van der Waals surface area contributed by atoms with E-state index in [1.54, 1.807) is 14.2 Å². The van der Waals surface area contributed by atoms with E-state index in [4.69, 9.17) is 14.6 Å². The zero-order chi connectivity index (χ0) is 25.1. The molecule has 0 radical (unpaired) electrons. The number of carbonyl (C=O) groups is 2. The summed E-state index contributed by atoms with van der Waals surface area (Å²) >= 11 is 0. The number of amides is 2. The van der Waals surface area contributed by atoms with Gasteiger partial charge in [-0.1, -0.05) is 24.3 Å². The van der Waals surface area contributed by atoms with Crippen molar-refractivity contribution in [3.8, 4) is 11.5 Å². The molecule has 5 rings (SSSR count). The van der Waals surface area contributed by atoms with E-state index >= 15 is 0 Å². The third-order valence-electron chi connectivity index (χ3n) is 6.87. The molecule has 0 spiro atoms. The lowest BCUT2D eigenvalue weighted by molar-refractivity contribution is -0.132. The number of fused-ring (bicyclic) bond motifs is 1. The first-order valence-corrected chi connectivity index (χ1v) is 12.5. The number of aryl methyl sites for hydroxylation is 1. The van der Waals surface area contributed by atoms with E-state index in [1.807, 2.05) is 58.1 Å². The topological polar surface area (TPSA) is 85.7 Å². The van der Waals surface area contributed by atoms with Gasteiger partial charge in [0.25, 0.3) is 5.91 Å². The first-order valence-electron chi connectivity index (χ1n) is 12.5. The summed E-state index contributed by atoms with van der Waals surface area (Å²) in [6.45, 7) is 1.56. The van der Waals surface area contributed by atoms with E-state index in [1.165, 1.54) is 0 Å². The summed E-state index contributed by atoms with van der Waals surface area (Å²) in [6, 6.07) is 15.9. The molecule has 1 aromatic heterocycles. The SMILES string of the molecule is COc1ccc(CCC(=O)N2CCc3c(c(C(=O)NC4CC4)nn3Cc3cccc(OC)c3)C2)cc1. The van der Waals surface area contributed by atoms with Crippen LogP contribution in [0.2, 0.25) is 0 Å². The molecule has 8 heteroatoms. The maximum Gasteiger partial charge on any atom is 0.272 e. The zero-order valence-corrected chi connectivity index (χ0v) is 20.8. The second-order valence-corrected chi connectivity index (χ2v) is 9.44. The van der Waals surface area contributed by atoms with Crippen LogP contribution in [0.3, 0.4) is 0 Å². The molecule has 2 aromatic carbocycles. The Kier molecular flexibility index (Phi) is 6.93. The Morgan fingerprint density at radius 3 is 2.53 bits per heavy atom. The minimum atomic E-state index is -0.148. The summed E-state index contributed by atoms with van der Waals surface area (Å²) in [5.74, 6) is 1.53. The molecule has 188 valence electrons. The van der Waals surface area contributed by atoms with Crippen molar-refractivity contribution in [1.29, 1.82) is 0 Å². The van der Waals surface area contributed by atoms with E-state index in [-0.39, 0.29) is 17.9 Å².